The van der Waals surface area contributed by atoms with Crippen LogP contribution in [0, 0.1) is 5.92 Å². The van der Waals surface area contributed by atoms with Crippen molar-refractivity contribution in [1.29, 1.82) is 0 Å². The average Bonchev–Trinajstić information content (AvgIpc) is 3.26. The lowest BCUT2D eigenvalue weighted by molar-refractivity contribution is -0.117. The molecule has 1 aliphatic heterocycles. The third-order valence-electron chi connectivity index (χ3n) is 6.15. The van der Waals surface area contributed by atoms with Crippen LogP contribution in [0.3, 0.4) is 0 Å². The highest BCUT2D eigenvalue weighted by atomic mass is 32.2. The van der Waals surface area contributed by atoms with Crippen LogP contribution >= 0.6 is 0 Å². The zero-order valence-corrected chi connectivity index (χ0v) is 16.4. The number of amides is 1. The first-order valence-electron chi connectivity index (χ1n) is 9.80. The van der Waals surface area contributed by atoms with E-state index in [-0.39, 0.29) is 18.2 Å². The molecule has 1 heterocycles. The minimum atomic E-state index is -2.94. The van der Waals surface area contributed by atoms with Gasteiger partial charge in [0.15, 0.2) is 0 Å². The topological polar surface area (TPSA) is 75.8 Å². The van der Waals surface area contributed by atoms with Gasteiger partial charge in [0, 0.05) is 12.3 Å². The summed E-state index contributed by atoms with van der Waals surface area (Å²) in [5, 5.41) is 5.94. The lowest BCUT2D eigenvalue weighted by atomic mass is 9.92. The zero-order chi connectivity index (χ0) is 18.3. The lowest BCUT2D eigenvalue weighted by Crippen LogP contribution is -2.26. The largest absolute Gasteiger partial charge is 0.306 e. The molecular weight excluding hydrogens is 346 g/mol. The molecule has 2 unspecified atom stereocenters. The van der Waals surface area contributed by atoms with Gasteiger partial charge in [-0.05, 0) is 92.3 Å². The van der Waals surface area contributed by atoms with Crippen LogP contribution in [0.1, 0.15) is 47.1 Å². The number of rotatable bonds is 4. The van der Waals surface area contributed by atoms with Gasteiger partial charge in [0.1, 0.15) is 9.92 Å². The van der Waals surface area contributed by atoms with E-state index in [0.717, 1.165) is 45.2 Å². The number of fused-ring (bicyclic) bond motifs is 2. The Bertz CT molecular complexity index is 823. The van der Waals surface area contributed by atoms with E-state index in [1.54, 1.807) is 0 Å². The fourth-order valence-corrected chi connectivity index (χ4v) is 6.47. The molecule has 142 valence electrons. The molecule has 1 aromatic carbocycles. The Balaban J connectivity index is 1.54. The summed E-state index contributed by atoms with van der Waals surface area (Å²) in [6.07, 6.45) is 7.92. The molecule has 1 fully saturated rings. The van der Waals surface area contributed by atoms with Gasteiger partial charge in [0.05, 0.1) is 6.42 Å². The van der Waals surface area contributed by atoms with Gasteiger partial charge in [-0.25, -0.2) is 9.35 Å². The van der Waals surface area contributed by atoms with Gasteiger partial charge >= 0.3 is 0 Å². The average molecular weight is 376 g/mol. The Morgan fingerprint density at radius 3 is 2.46 bits per heavy atom. The predicted molar refractivity (Wildman–Crippen MR) is 104 cm³/mol. The van der Waals surface area contributed by atoms with Gasteiger partial charge in [0.25, 0.3) is 5.91 Å². The molecule has 0 bridgehead atoms. The van der Waals surface area contributed by atoms with Crippen molar-refractivity contribution >= 4 is 15.8 Å². The molecule has 2 aliphatic carbocycles. The Labute approximate surface area is 156 Å². The highest BCUT2D eigenvalue weighted by Gasteiger charge is 2.26. The first-order chi connectivity index (χ1) is 12.4. The fourth-order valence-electron chi connectivity index (χ4n) is 5.04. The predicted octanol–water partition coefficient (Wildman–Crippen LogP) is 2.03. The van der Waals surface area contributed by atoms with Crippen molar-refractivity contribution in [3.05, 3.63) is 33.9 Å². The quantitative estimate of drug-likeness (QED) is 0.875. The number of hydrogen-bond donors (Lipinski definition) is 1. The second kappa shape index (κ2) is 7.06. The standard InChI is InChI=1S/C20H29N3O2S/c1-23-9-8-14(12-23)13-26(21,25)22-20(24)11-19-17-6-2-4-15(17)10-16-5-3-7-18(16)19/h10,14H,2-9,11-13H2,1H3,(H2,21,22,24,25). The summed E-state index contributed by atoms with van der Waals surface area (Å²) in [5.74, 6) is 0.297. The van der Waals surface area contributed by atoms with Crippen molar-refractivity contribution in [3.63, 3.8) is 0 Å². The Morgan fingerprint density at radius 1 is 1.23 bits per heavy atom. The molecule has 3 aliphatic rings. The summed E-state index contributed by atoms with van der Waals surface area (Å²) in [5.41, 5.74) is 6.72. The molecule has 6 heteroatoms. The fraction of sp³-hybridized carbons (Fsp3) is 0.650. The molecule has 2 atom stereocenters. The van der Waals surface area contributed by atoms with Gasteiger partial charge in [-0.3, -0.25) is 4.79 Å². The molecule has 5 nitrogen and oxygen atoms in total. The number of carbonyl (C=O) groups is 1. The normalized spacial score (nSPS) is 24.3. The summed E-state index contributed by atoms with van der Waals surface area (Å²) >= 11 is 0. The molecular formula is C20H29N3O2S. The van der Waals surface area contributed by atoms with Crippen molar-refractivity contribution in [1.82, 2.24) is 4.90 Å². The highest BCUT2D eigenvalue weighted by Crippen LogP contribution is 2.35. The van der Waals surface area contributed by atoms with E-state index in [0.29, 0.717) is 5.75 Å². The molecule has 0 spiro atoms. The summed E-state index contributed by atoms with van der Waals surface area (Å²) in [7, 11) is -0.884. The van der Waals surface area contributed by atoms with E-state index in [9.17, 15) is 9.00 Å². The first kappa shape index (κ1) is 18.1. The molecule has 0 aromatic heterocycles. The second-order valence-corrected chi connectivity index (χ2v) is 10.2. The summed E-state index contributed by atoms with van der Waals surface area (Å²) in [6, 6.07) is 2.36. The number of benzene rings is 1. The molecule has 4 rings (SSSR count). The number of likely N-dealkylation sites (tertiary alicyclic amines) is 1. The molecule has 0 saturated carbocycles. The van der Waals surface area contributed by atoms with Crippen molar-refractivity contribution in [2.24, 2.45) is 15.4 Å². The van der Waals surface area contributed by atoms with Crippen LogP contribution in [0.2, 0.25) is 0 Å². The maximum Gasteiger partial charge on any atom is 0.259 e. The van der Waals surface area contributed by atoms with Crippen LogP contribution < -0.4 is 5.14 Å². The third-order valence-corrected chi connectivity index (χ3v) is 7.61. The lowest BCUT2D eigenvalue weighted by Gasteiger charge is -2.14. The van der Waals surface area contributed by atoms with E-state index >= 15 is 0 Å². The van der Waals surface area contributed by atoms with Crippen molar-refractivity contribution in [2.75, 3.05) is 25.9 Å². The Morgan fingerprint density at radius 2 is 1.88 bits per heavy atom. The van der Waals surface area contributed by atoms with Gasteiger partial charge < -0.3 is 4.90 Å². The maximum absolute atomic E-state index is 12.7. The molecule has 26 heavy (non-hydrogen) atoms. The monoisotopic (exact) mass is 375 g/mol. The van der Waals surface area contributed by atoms with E-state index in [4.69, 9.17) is 5.14 Å². The second-order valence-electron chi connectivity index (χ2n) is 8.27. The molecule has 2 N–H and O–H groups in total. The van der Waals surface area contributed by atoms with E-state index in [1.165, 1.54) is 40.7 Å². The number of carbonyl (C=O) groups excluding carboxylic acids is 1. The first-order valence-corrected chi connectivity index (χ1v) is 11.6. The van der Waals surface area contributed by atoms with Crippen LogP contribution in [0.25, 0.3) is 0 Å². The number of aryl methyl sites for hydroxylation is 2. The third kappa shape index (κ3) is 3.73. The number of nitrogens with two attached hydrogens (primary N) is 1. The van der Waals surface area contributed by atoms with Crippen molar-refractivity contribution in [3.8, 4) is 0 Å². The van der Waals surface area contributed by atoms with E-state index in [2.05, 4.69) is 22.4 Å². The van der Waals surface area contributed by atoms with Crippen LogP contribution in [-0.4, -0.2) is 40.9 Å². The van der Waals surface area contributed by atoms with E-state index < -0.39 is 9.92 Å². The summed E-state index contributed by atoms with van der Waals surface area (Å²) in [4.78, 5) is 14.8. The SMILES string of the molecule is CN1CCC(CS(N)(=O)=NC(=O)Cc2c3c(cc4c2CCC4)CCC3)C1. The van der Waals surface area contributed by atoms with Gasteiger partial charge in [0.2, 0.25) is 0 Å². The number of hydrogen-bond acceptors (Lipinski definition) is 3. The summed E-state index contributed by atoms with van der Waals surface area (Å²) < 4.78 is 16.7. The van der Waals surface area contributed by atoms with Crippen LogP contribution in [-0.2, 0) is 46.8 Å². The van der Waals surface area contributed by atoms with Gasteiger partial charge in [-0.15, -0.1) is 4.36 Å². The molecule has 1 aromatic rings. The zero-order valence-electron chi connectivity index (χ0n) is 15.6. The minimum Gasteiger partial charge on any atom is -0.306 e. The van der Waals surface area contributed by atoms with Crippen molar-refractivity contribution in [2.45, 2.75) is 51.4 Å². The Hall–Kier alpha value is -1.24. The summed E-state index contributed by atoms with van der Waals surface area (Å²) in [6.45, 7) is 1.88. The van der Waals surface area contributed by atoms with E-state index in [1.807, 2.05) is 0 Å². The van der Waals surface area contributed by atoms with Crippen molar-refractivity contribution < 1.29 is 9.00 Å². The van der Waals surface area contributed by atoms with Gasteiger partial charge in [-0.2, -0.15) is 0 Å². The smallest absolute Gasteiger partial charge is 0.259 e. The molecule has 1 saturated heterocycles. The minimum absolute atomic E-state index is 0.268. The van der Waals surface area contributed by atoms with Crippen LogP contribution in [0.4, 0.5) is 0 Å². The Kier molecular flexibility index (Phi) is 4.92. The highest BCUT2D eigenvalue weighted by molar-refractivity contribution is 7.91. The molecule has 0 radical (unpaired) electrons. The maximum atomic E-state index is 12.7. The van der Waals surface area contributed by atoms with Gasteiger partial charge in [-0.1, -0.05) is 6.07 Å². The number of nitrogens with zero attached hydrogens (tertiary/aromatic N) is 2. The van der Waals surface area contributed by atoms with Crippen LogP contribution in [0.5, 0.6) is 0 Å². The molecule has 1 amide bonds. The van der Waals surface area contributed by atoms with Crippen LogP contribution in [0.15, 0.2) is 10.4 Å².